The fourth-order valence-corrected chi connectivity index (χ4v) is 2.99. The van der Waals surface area contributed by atoms with Gasteiger partial charge in [0.2, 0.25) is 5.91 Å². The molecule has 1 aromatic rings. The predicted octanol–water partition coefficient (Wildman–Crippen LogP) is 2.10. The van der Waals surface area contributed by atoms with Gasteiger partial charge in [-0.25, -0.2) is 0 Å². The summed E-state index contributed by atoms with van der Waals surface area (Å²) in [4.78, 5) is 19.1. The van der Waals surface area contributed by atoms with Crippen LogP contribution >= 0.6 is 0 Å². The van der Waals surface area contributed by atoms with E-state index >= 15 is 0 Å². The maximum atomic E-state index is 13.0. The van der Waals surface area contributed by atoms with E-state index in [-0.39, 0.29) is 11.4 Å². The largest absolute Gasteiger partial charge is 0.334 e. The van der Waals surface area contributed by atoms with Crippen molar-refractivity contribution in [3.63, 3.8) is 0 Å². The molecule has 108 valence electrons. The van der Waals surface area contributed by atoms with Crippen molar-refractivity contribution >= 4 is 5.91 Å². The van der Waals surface area contributed by atoms with E-state index in [1.54, 1.807) is 12.4 Å². The molecule has 1 aliphatic carbocycles. The summed E-state index contributed by atoms with van der Waals surface area (Å²) in [6.45, 7) is 3.73. The summed E-state index contributed by atoms with van der Waals surface area (Å²) in [5.74, 6) is 0.275. The predicted molar refractivity (Wildman–Crippen MR) is 78.1 cm³/mol. The number of aromatic nitrogens is 1. The Kier molecular flexibility index (Phi) is 3.74. The van der Waals surface area contributed by atoms with Gasteiger partial charge in [-0.3, -0.25) is 9.78 Å². The Balaban J connectivity index is 1.75. The Morgan fingerprint density at radius 2 is 2.15 bits per heavy atom. The van der Waals surface area contributed by atoms with Gasteiger partial charge in [0.05, 0.1) is 5.54 Å². The molecule has 0 radical (unpaired) electrons. The third-order valence-electron chi connectivity index (χ3n) is 4.44. The van der Waals surface area contributed by atoms with Crippen molar-refractivity contribution in [2.45, 2.75) is 57.2 Å². The van der Waals surface area contributed by atoms with E-state index in [0.29, 0.717) is 12.6 Å². The Bertz CT molecular complexity index is 464. The minimum atomic E-state index is -0.367. The first-order valence-electron chi connectivity index (χ1n) is 7.64. The number of rotatable bonds is 4. The Hall–Kier alpha value is -1.42. The second kappa shape index (κ2) is 5.52. The molecule has 1 unspecified atom stereocenters. The lowest BCUT2D eigenvalue weighted by atomic mass is 9.89. The molecule has 1 N–H and O–H groups in total. The van der Waals surface area contributed by atoms with Crippen molar-refractivity contribution in [1.82, 2.24) is 15.2 Å². The number of amides is 1. The average Bonchev–Trinajstić information content (AvgIpc) is 3.30. The van der Waals surface area contributed by atoms with Gasteiger partial charge in [-0.05, 0) is 63.3 Å². The lowest BCUT2D eigenvalue weighted by molar-refractivity contribution is -0.140. The highest BCUT2D eigenvalue weighted by atomic mass is 16.2. The molecule has 1 saturated heterocycles. The van der Waals surface area contributed by atoms with E-state index < -0.39 is 0 Å². The first-order valence-corrected chi connectivity index (χ1v) is 7.64. The van der Waals surface area contributed by atoms with Crippen molar-refractivity contribution in [3.05, 3.63) is 30.1 Å². The zero-order valence-electron chi connectivity index (χ0n) is 12.1. The van der Waals surface area contributed by atoms with E-state index in [2.05, 4.69) is 22.1 Å². The zero-order chi connectivity index (χ0) is 14.0. The van der Waals surface area contributed by atoms with Gasteiger partial charge >= 0.3 is 0 Å². The smallest absolute Gasteiger partial charge is 0.243 e. The van der Waals surface area contributed by atoms with Gasteiger partial charge < -0.3 is 10.2 Å². The summed E-state index contributed by atoms with van der Waals surface area (Å²) in [6.07, 6.45) is 9.15. The average molecular weight is 273 g/mol. The van der Waals surface area contributed by atoms with Crippen LogP contribution in [0.25, 0.3) is 0 Å². The standard InChI is InChI=1S/C16H23N3O/c1-16(8-2-3-9-18-16)15(20)19(14-4-5-14)12-13-6-10-17-11-7-13/h6-7,10-11,14,18H,2-5,8-9,12H2,1H3. The van der Waals surface area contributed by atoms with Crippen LogP contribution in [-0.4, -0.2) is 33.9 Å². The van der Waals surface area contributed by atoms with Gasteiger partial charge in [-0.15, -0.1) is 0 Å². The number of carbonyl (C=O) groups is 1. The maximum Gasteiger partial charge on any atom is 0.243 e. The van der Waals surface area contributed by atoms with Gasteiger partial charge in [0.1, 0.15) is 0 Å². The Labute approximate surface area is 120 Å². The fourth-order valence-electron chi connectivity index (χ4n) is 2.99. The fraction of sp³-hybridized carbons (Fsp3) is 0.625. The van der Waals surface area contributed by atoms with Crippen LogP contribution < -0.4 is 5.32 Å². The van der Waals surface area contributed by atoms with Crippen LogP contribution in [0.5, 0.6) is 0 Å². The molecule has 4 nitrogen and oxygen atoms in total. The van der Waals surface area contributed by atoms with Crippen molar-refractivity contribution in [2.24, 2.45) is 0 Å². The summed E-state index contributed by atoms with van der Waals surface area (Å²) in [6, 6.07) is 4.44. The molecule has 0 aromatic carbocycles. The molecule has 2 heterocycles. The van der Waals surface area contributed by atoms with Crippen LogP contribution in [-0.2, 0) is 11.3 Å². The van der Waals surface area contributed by atoms with Gasteiger partial charge in [0.25, 0.3) is 0 Å². The van der Waals surface area contributed by atoms with E-state index in [1.807, 2.05) is 12.1 Å². The third kappa shape index (κ3) is 2.85. The topological polar surface area (TPSA) is 45.2 Å². The first-order chi connectivity index (χ1) is 9.69. The van der Waals surface area contributed by atoms with E-state index in [4.69, 9.17) is 0 Å². The van der Waals surface area contributed by atoms with Gasteiger partial charge in [0.15, 0.2) is 0 Å². The molecule has 3 rings (SSSR count). The first kappa shape index (κ1) is 13.6. The highest BCUT2D eigenvalue weighted by molar-refractivity contribution is 5.86. The van der Waals surface area contributed by atoms with Gasteiger partial charge in [-0.1, -0.05) is 0 Å². The molecule has 20 heavy (non-hydrogen) atoms. The summed E-state index contributed by atoms with van der Waals surface area (Å²) < 4.78 is 0. The molecule has 1 aliphatic heterocycles. The molecule has 2 aliphatic rings. The second-order valence-corrected chi connectivity index (χ2v) is 6.24. The lowest BCUT2D eigenvalue weighted by Gasteiger charge is -2.38. The minimum Gasteiger partial charge on any atom is -0.334 e. The van der Waals surface area contributed by atoms with Crippen LogP contribution in [0.4, 0.5) is 0 Å². The van der Waals surface area contributed by atoms with Crippen molar-refractivity contribution in [3.8, 4) is 0 Å². The number of piperidine rings is 1. The molecule has 1 saturated carbocycles. The summed E-state index contributed by atoms with van der Waals surface area (Å²) in [7, 11) is 0. The SMILES string of the molecule is CC1(C(=O)N(Cc2ccncc2)C2CC2)CCCCN1. The van der Waals surface area contributed by atoms with Gasteiger partial charge in [0, 0.05) is 25.0 Å². The third-order valence-corrected chi connectivity index (χ3v) is 4.44. The molecule has 0 spiro atoms. The number of carbonyl (C=O) groups excluding carboxylic acids is 1. The summed E-state index contributed by atoms with van der Waals surface area (Å²) in [5.41, 5.74) is 0.799. The summed E-state index contributed by atoms with van der Waals surface area (Å²) in [5, 5.41) is 3.44. The Morgan fingerprint density at radius 1 is 1.40 bits per heavy atom. The highest BCUT2D eigenvalue weighted by Crippen LogP contribution is 2.32. The van der Waals surface area contributed by atoms with Gasteiger partial charge in [-0.2, -0.15) is 0 Å². The molecule has 0 bridgehead atoms. The molecule has 2 fully saturated rings. The Morgan fingerprint density at radius 3 is 2.75 bits per heavy atom. The van der Waals surface area contributed by atoms with Crippen molar-refractivity contribution in [2.75, 3.05) is 6.54 Å². The normalized spacial score (nSPS) is 26.2. The molecular formula is C16H23N3O. The number of nitrogens with zero attached hydrogens (tertiary/aromatic N) is 2. The minimum absolute atomic E-state index is 0.275. The highest BCUT2D eigenvalue weighted by Gasteiger charge is 2.42. The van der Waals surface area contributed by atoms with E-state index in [1.165, 1.54) is 12.0 Å². The quantitative estimate of drug-likeness (QED) is 0.914. The molecule has 4 heteroatoms. The number of hydrogen-bond acceptors (Lipinski definition) is 3. The number of hydrogen-bond donors (Lipinski definition) is 1. The summed E-state index contributed by atoms with van der Waals surface area (Å²) >= 11 is 0. The molecule has 1 aromatic heterocycles. The molecule has 1 amide bonds. The van der Waals surface area contributed by atoms with Crippen LogP contribution in [0.15, 0.2) is 24.5 Å². The zero-order valence-corrected chi connectivity index (χ0v) is 12.1. The maximum absolute atomic E-state index is 13.0. The van der Waals surface area contributed by atoms with Crippen molar-refractivity contribution in [1.29, 1.82) is 0 Å². The van der Waals surface area contributed by atoms with Crippen molar-refractivity contribution < 1.29 is 4.79 Å². The lowest BCUT2D eigenvalue weighted by Crippen LogP contribution is -2.58. The van der Waals surface area contributed by atoms with Crippen LogP contribution in [0.3, 0.4) is 0 Å². The van der Waals surface area contributed by atoms with E-state index in [9.17, 15) is 4.79 Å². The second-order valence-electron chi connectivity index (χ2n) is 6.24. The van der Waals surface area contributed by atoms with E-state index in [0.717, 1.165) is 32.2 Å². The monoisotopic (exact) mass is 273 g/mol. The van der Waals surface area contributed by atoms with Crippen LogP contribution in [0.1, 0.15) is 44.6 Å². The molecule has 1 atom stereocenters. The molecular weight excluding hydrogens is 250 g/mol. The van der Waals surface area contributed by atoms with Crippen LogP contribution in [0.2, 0.25) is 0 Å². The van der Waals surface area contributed by atoms with Crippen LogP contribution in [0, 0.1) is 0 Å². The number of pyridine rings is 1. The number of nitrogens with one attached hydrogen (secondary N) is 1.